The van der Waals surface area contributed by atoms with Crippen molar-refractivity contribution in [1.29, 1.82) is 0 Å². The molecule has 3 aromatic carbocycles. The summed E-state index contributed by atoms with van der Waals surface area (Å²) in [6.07, 6.45) is -0.866. The van der Waals surface area contributed by atoms with E-state index in [1.807, 2.05) is 55.6 Å². The topological polar surface area (TPSA) is 111 Å². The van der Waals surface area contributed by atoms with E-state index in [0.717, 1.165) is 38.5 Å². The first-order valence-corrected chi connectivity index (χ1v) is 14.2. The van der Waals surface area contributed by atoms with E-state index in [1.54, 1.807) is 16.4 Å². The fourth-order valence-corrected chi connectivity index (χ4v) is 5.74. The van der Waals surface area contributed by atoms with Gasteiger partial charge in [0.2, 0.25) is 11.1 Å². The molecule has 2 N–H and O–H groups in total. The molecule has 1 aromatic heterocycles. The van der Waals surface area contributed by atoms with E-state index < -0.39 is 6.29 Å². The molecule has 1 aliphatic heterocycles. The van der Waals surface area contributed by atoms with Gasteiger partial charge in [-0.3, -0.25) is 4.79 Å². The molecule has 0 aliphatic carbocycles. The SMILES string of the molecule is CC(=O)NCc1cccc(-c2ccc([C@H]3O[C@@H](CSc4nnnn4C)[C@@H](C)[C@@H](c4ccc(CO)cc4)O3)cc2)c1. The van der Waals surface area contributed by atoms with Crippen LogP contribution >= 0.6 is 11.8 Å². The molecule has 208 valence electrons. The molecule has 40 heavy (non-hydrogen) atoms. The van der Waals surface area contributed by atoms with Crippen LogP contribution in [0.4, 0.5) is 0 Å². The van der Waals surface area contributed by atoms with Crippen molar-refractivity contribution in [3.8, 4) is 11.1 Å². The third kappa shape index (κ3) is 6.59. The number of carbonyl (C=O) groups excluding carboxylic acids is 1. The van der Waals surface area contributed by atoms with Crippen LogP contribution in [0.3, 0.4) is 0 Å². The highest BCUT2D eigenvalue weighted by Crippen LogP contribution is 2.43. The molecule has 9 nitrogen and oxygen atoms in total. The fourth-order valence-electron chi connectivity index (χ4n) is 4.73. The highest BCUT2D eigenvalue weighted by atomic mass is 32.2. The number of nitrogens with one attached hydrogen (secondary N) is 1. The maximum Gasteiger partial charge on any atom is 0.217 e. The predicted molar refractivity (Wildman–Crippen MR) is 152 cm³/mol. The number of carbonyl (C=O) groups is 1. The molecule has 1 aliphatic rings. The molecule has 1 saturated heterocycles. The first-order chi connectivity index (χ1) is 19.4. The van der Waals surface area contributed by atoms with Crippen LogP contribution in [-0.2, 0) is 34.5 Å². The molecular formula is C30H33N5O4S. The van der Waals surface area contributed by atoms with Gasteiger partial charge < -0.3 is 19.9 Å². The van der Waals surface area contributed by atoms with Gasteiger partial charge in [0, 0.05) is 37.8 Å². The number of amides is 1. The summed E-state index contributed by atoms with van der Waals surface area (Å²) in [4.78, 5) is 11.3. The van der Waals surface area contributed by atoms with Gasteiger partial charge in [-0.05, 0) is 44.3 Å². The number of aliphatic hydroxyl groups excluding tert-OH is 1. The van der Waals surface area contributed by atoms with Gasteiger partial charge in [0.15, 0.2) is 6.29 Å². The lowest BCUT2D eigenvalue weighted by molar-refractivity contribution is -0.268. The molecule has 10 heteroatoms. The Morgan fingerprint density at radius 3 is 2.42 bits per heavy atom. The minimum Gasteiger partial charge on any atom is -0.392 e. The second-order valence-electron chi connectivity index (χ2n) is 9.95. The molecule has 0 bridgehead atoms. The zero-order valence-corrected chi connectivity index (χ0v) is 23.5. The number of tetrazole rings is 1. The van der Waals surface area contributed by atoms with E-state index >= 15 is 0 Å². The second kappa shape index (κ2) is 12.7. The molecule has 1 fully saturated rings. The number of ether oxygens (including phenoxy) is 2. The quantitative estimate of drug-likeness (QED) is 0.287. The largest absolute Gasteiger partial charge is 0.392 e. The summed E-state index contributed by atoms with van der Waals surface area (Å²) in [5.41, 5.74) is 6.01. The molecule has 0 saturated carbocycles. The van der Waals surface area contributed by atoms with Gasteiger partial charge in [-0.1, -0.05) is 85.4 Å². The van der Waals surface area contributed by atoms with Gasteiger partial charge in [0.1, 0.15) is 0 Å². The van der Waals surface area contributed by atoms with Crippen molar-refractivity contribution < 1.29 is 19.4 Å². The van der Waals surface area contributed by atoms with Gasteiger partial charge in [-0.25, -0.2) is 4.68 Å². The van der Waals surface area contributed by atoms with E-state index in [-0.39, 0.29) is 30.6 Å². The predicted octanol–water partition coefficient (Wildman–Crippen LogP) is 4.59. The lowest BCUT2D eigenvalue weighted by Gasteiger charge is -2.41. The number of aliphatic hydroxyl groups is 1. The Morgan fingerprint density at radius 2 is 1.75 bits per heavy atom. The maximum absolute atomic E-state index is 11.3. The van der Waals surface area contributed by atoms with Crippen LogP contribution in [0.25, 0.3) is 11.1 Å². The molecule has 1 amide bonds. The number of rotatable bonds is 9. The lowest BCUT2D eigenvalue weighted by Crippen LogP contribution is -2.38. The molecular weight excluding hydrogens is 526 g/mol. The number of nitrogens with zero attached hydrogens (tertiary/aromatic N) is 4. The minimum atomic E-state index is -0.554. The summed E-state index contributed by atoms with van der Waals surface area (Å²) >= 11 is 1.56. The van der Waals surface area contributed by atoms with Crippen molar-refractivity contribution in [1.82, 2.24) is 25.5 Å². The van der Waals surface area contributed by atoms with Crippen molar-refractivity contribution >= 4 is 17.7 Å². The summed E-state index contributed by atoms with van der Waals surface area (Å²) in [5.74, 6) is 0.680. The summed E-state index contributed by atoms with van der Waals surface area (Å²) in [6.45, 7) is 4.15. The fraction of sp³-hybridized carbons (Fsp3) is 0.333. The Balaban J connectivity index is 1.37. The van der Waals surface area contributed by atoms with E-state index in [1.165, 1.54) is 6.92 Å². The van der Waals surface area contributed by atoms with Gasteiger partial charge in [-0.2, -0.15) is 0 Å². The highest BCUT2D eigenvalue weighted by Gasteiger charge is 2.38. The third-order valence-electron chi connectivity index (χ3n) is 7.07. The van der Waals surface area contributed by atoms with Crippen LogP contribution in [0.15, 0.2) is 78.0 Å². The normalized spacial score (nSPS) is 20.8. The minimum absolute atomic E-state index is 0.000586. The smallest absolute Gasteiger partial charge is 0.217 e. The summed E-state index contributed by atoms with van der Waals surface area (Å²) in [6, 6.07) is 24.2. The molecule has 0 radical (unpaired) electrons. The summed E-state index contributed by atoms with van der Waals surface area (Å²) < 4.78 is 14.8. The third-order valence-corrected chi connectivity index (χ3v) is 8.17. The van der Waals surface area contributed by atoms with Crippen molar-refractivity contribution in [3.63, 3.8) is 0 Å². The average Bonchev–Trinajstić information content (AvgIpc) is 3.40. The number of hydrogen-bond donors (Lipinski definition) is 2. The number of thioether (sulfide) groups is 1. The highest BCUT2D eigenvalue weighted by molar-refractivity contribution is 7.99. The molecule has 2 heterocycles. The van der Waals surface area contributed by atoms with E-state index in [4.69, 9.17) is 9.47 Å². The second-order valence-corrected chi connectivity index (χ2v) is 10.9. The molecule has 4 aromatic rings. The standard InChI is InChI=1S/C30H33N5O4S/c1-19-27(18-40-30-32-33-34-35(30)3)38-29(39-28(19)24-9-7-21(17-36)8-10-24)25-13-11-23(12-14-25)26-6-4-5-22(15-26)16-31-20(2)37/h4-15,19,27-29,36H,16-18H2,1-3H3,(H,31,37)/t19-,27+,28+,29+/m1/s1. The van der Waals surface area contributed by atoms with Crippen LogP contribution in [-0.4, -0.2) is 43.1 Å². The van der Waals surface area contributed by atoms with Gasteiger partial charge in [0.05, 0.1) is 18.8 Å². The first-order valence-electron chi connectivity index (χ1n) is 13.2. The average molecular weight is 560 g/mol. The van der Waals surface area contributed by atoms with Crippen molar-refractivity contribution in [2.45, 2.75) is 50.7 Å². The Morgan fingerprint density at radius 1 is 1.00 bits per heavy atom. The van der Waals surface area contributed by atoms with Crippen molar-refractivity contribution in [3.05, 3.63) is 95.1 Å². The van der Waals surface area contributed by atoms with Crippen molar-refractivity contribution in [2.75, 3.05) is 5.75 Å². The summed E-state index contributed by atoms with van der Waals surface area (Å²) in [5, 5.41) is 24.8. The zero-order chi connectivity index (χ0) is 28.1. The maximum atomic E-state index is 11.3. The number of aryl methyl sites for hydroxylation is 1. The van der Waals surface area contributed by atoms with Gasteiger partial charge >= 0.3 is 0 Å². The molecule has 5 rings (SSSR count). The molecule has 0 unspecified atom stereocenters. The van der Waals surface area contributed by atoms with E-state index in [2.05, 4.69) is 52.0 Å². The Bertz CT molecular complexity index is 1430. The van der Waals surface area contributed by atoms with E-state index in [9.17, 15) is 9.90 Å². The van der Waals surface area contributed by atoms with Crippen LogP contribution in [0, 0.1) is 5.92 Å². The molecule has 0 spiro atoms. The van der Waals surface area contributed by atoms with Crippen LogP contribution < -0.4 is 5.32 Å². The first kappa shape index (κ1) is 28.0. The van der Waals surface area contributed by atoms with Crippen LogP contribution in [0.5, 0.6) is 0 Å². The lowest BCUT2D eigenvalue weighted by atomic mass is 9.91. The summed E-state index contributed by atoms with van der Waals surface area (Å²) in [7, 11) is 1.82. The van der Waals surface area contributed by atoms with E-state index in [0.29, 0.717) is 12.3 Å². The molecule has 4 atom stereocenters. The van der Waals surface area contributed by atoms with Crippen molar-refractivity contribution in [2.24, 2.45) is 13.0 Å². The number of benzene rings is 3. The zero-order valence-electron chi connectivity index (χ0n) is 22.7. The monoisotopic (exact) mass is 559 g/mol. The van der Waals surface area contributed by atoms with Crippen LogP contribution in [0.2, 0.25) is 0 Å². The van der Waals surface area contributed by atoms with Gasteiger partial charge in [0.25, 0.3) is 0 Å². The Hall–Kier alpha value is -3.57. The Labute approximate surface area is 237 Å². The number of hydrogen-bond acceptors (Lipinski definition) is 8. The van der Waals surface area contributed by atoms with Crippen LogP contribution in [0.1, 0.15) is 48.5 Å². The van der Waals surface area contributed by atoms with Gasteiger partial charge in [-0.15, -0.1) is 5.10 Å². The number of aromatic nitrogens is 4. The Kier molecular flexibility index (Phi) is 8.91.